The van der Waals surface area contributed by atoms with Crippen molar-refractivity contribution in [2.75, 3.05) is 19.6 Å². The van der Waals surface area contributed by atoms with Crippen molar-refractivity contribution in [2.45, 2.75) is 44.2 Å². The third kappa shape index (κ3) is 3.60. The molecule has 3 saturated heterocycles. The van der Waals surface area contributed by atoms with E-state index in [-0.39, 0.29) is 17.2 Å². The summed E-state index contributed by atoms with van der Waals surface area (Å²) in [6.45, 7) is 2.53. The number of amides is 1. The maximum Gasteiger partial charge on any atom is 0.256 e. The standard InChI is InChI=1S/C25H29FN2O2/c26-22-14-20(29)9-10-21(22)25(30)27-15-18-13-19(16-27)24(12-17-6-2-1-3-7-17)28-11-5-4-8-23(18)28/h1-3,6-7,9-10,14,18-19,23-24,29H,4-5,8,11-13,15-16H2/t18-,19+,23+,24+/m1/s1. The summed E-state index contributed by atoms with van der Waals surface area (Å²) in [6, 6.07) is 15.4. The second-order valence-corrected chi connectivity index (χ2v) is 9.19. The van der Waals surface area contributed by atoms with E-state index in [1.165, 1.54) is 37.0 Å². The van der Waals surface area contributed by atoms with Crippen molar-refractivity contribution >= 4 is 5.91 Å². The molecule has 2 aromatic rings. The van der Waals surface area contributed by atoms with Gasteiger partial charge in [-0.2, -0.15) is 0 Å². The van der Waals surface area contributed by atoms with Gasteiger partial charge < -0.3 is 10.0 Å². The Kier molecular flexibility index (Phi) is 5.23. The largest absolute Gasteiger partial charge is 0.508 e. The van der Waals surface area contributed by atoms with Crippen LogP contribution >= 0.6 is 0 Å². The molecular weight excluding hydrogens is 379 g/mol. The van der Waals surface area contributed by atoms with E-state index < -0.39 is 5.82 Å². The van der Waals surface area contributed by atoms with Gasteiger partial charge in [0.2, 0.25) is 0 Å². The summed E-state index contributed by atoms with van der Waals surface area (Å²) in [5.74, 6) is -0.177. The molecule has 0 unspecified atom stereocenters. The first-order valence-corrected chi connectivity index (χ1v) is 11.2. The van der Waals surface area contributed by atoms with Crippen molar-refractivity contribution in [1.29, 1.82) is 0 Å². The van der Waals surface area contributed by atoms with Gasteiger partial charge >= 0.3 is 0 Å². The maximum absolute atomic E-state index is 14.4. The zero-order valence-corrected chi connectivity index (χ0v) is 17.2. The van der Waals surface area contributed by atoms with E-state index in [2.05, 4.69) is 35.2 Å². The smallest absolute Gasteiger partial charge is 0.256 e. The Hall–Kier alpha value is -2.40. The van der Waals surface area contributed by atoms with Crippen molar-refractivity contribution in [3.05, 3.63) is 65.5 Å². The van der Waals surface area contributed by atoms with E-state index in [4.69, 9.17) is 0 Å². The minimum atomic E-state index is -0.643. The molecule has 3 aliphatic heterocycles. The van der Waals surface area contributed by atoms with Gasteiger partial charge in [0.15, 0.2) is 0 Å². The third-order valence-electron chi connectivity index (χ3n) is 7.38. The Morgan fingerprint density at radius 1 is 1.07 bits per heavy atom. The van der Waals surface area contributed by atoms with Crippen LogP contribution in [0.3, 0.4) is 0 Å². The van der Waals surface area contributed by atoms with E-state index in [0.717, 1.165) is 25.5 Å². The number of carbonyl (C=O) groups excluding carboxylic acids is 1. The highest BCUT2D eigenvalue weighted by Crippen LogP contribution is 2.42. The second-order valence-electron chi connectivity index (χ2n) is 9.19. The lowest BCUT2D eigenvalue weighted by atomic mass is 9.71. The number of aromatic hydroxyl groups is 1. The van der Waals surface area contributed by atoms with Gasteiger partial charge in [-0.3, -0.25) is 9.69 Å². The SMILES string of the molecule is O=C(c1ccc(O)cc1F)N1C[C@H]2C[C@@H](C1)[C@H](Cc1ccccc1)N1CCCC[C@@H]21. The molecule has 0 saturated carbocycles. The van der Waals surface area contributed by atoms with Crippen molar-refractivity contribution in [2.24, 2.45) is 11.8 Å². The summed E-state index contributed by atoms with van der Waals surface area (Å²) in [6.07, 6.45) is 5.85. The summed E-state index contributed by atoms with van der Waals surface area (Å²) < 4.78 is 14.4. The van der Waals surface area contributed by atoms with Crippen LogP contribution in [0.15, 0.2) is 48.5 Å². The van der Waals surface area contributed by atoms with Gasteiger partial charge in [-0.25, -0.2) is 4.39 Å². The molecule has 0 aromatic heterocycles. The van der Waals surface area contributed by atoms with Gasteiger partial charge in [0.1, 0.15) is 11.6 Å². The van der Waals surface area contributed by atoms with Crippen LogP contribution < -0.4 is 0 Å². The predicted molar refractivity (Wildman–Crippen MR) is 114 cm³/mol. The van der Waals surface area contributed by atoms with Crippen molar-refractivity contribution in [1.82, 2.24) is 9.80 Å². The molecule has 0 spiro atoms. The molecule has 4 nitrogen and oxygen atoms in total. The van der Waals surface area contributed by atoms with Gasteiger partial charge in [0, 0.05) is 31.2 Å². The molecule has 1 N–H and O–H groups in total. The number of benzene rings is 2. The lowest BCUT2D eigenvalue weighted by Crippen LogP contribution is -2.64. The zero-order chi connectivity index (χ0) is 20.7. The van der Waals surface area contributed by atoms with Crippen LogP contribution in [-0.2, 0) is 6.42 Å². The van der Waals surface area contributed by atoms with E-state index >= 15 is 0 Å². The van der Waals surface area contributed by atoms with Crippen molar-refractivity contribution < 1.29 is 14.3 Å². The molecule has 30 heavy (non-hydrogen) atoms. The van der Waals surface area contributed by atoms with Crippen LogP contribution in [0.25, 0.3) is 0 Å². The average Bonchev–Trinajstić information content (AvgIpc) is 2.77. The molecule has 3 aliphatic rings. The fourth-order valence-electron chi connectivity index (χ4n) is 6.06. The van der Waals surface area contributed by atoms with Crippen LogP contribution in [0, 0.1) is 17.7 Å². The molecule has 0 aliphatic carbocycles. The van der Waals surface area contributed by atoms with Crippen LogP contribution in [0.1, 0.15) is 41.6 Å². The molecule has 3 fully saturated rings. The number of hydrogen-bond acceptors (Lipinski definition) is 3. The summed E-state index contributed by atoms with van der Waals surface area (Å²) in [4.78, 5) is 17.8. The average molecular weight is 409 g/mol. The lowest BCUT2D eigenvalue weighted by molar-refractivity contribution is -0.0642. The highest BCUT2D eigenvalue weighted by Gasteiger charge is 2.47. The number of carbonyl (C=O) groups is 1. The molecule has 3 heterocycles. The van der Waals surface area contributed by atoms with Crippen molar-refractivity contribution in [3.8, 4) is 5.75 Å². The molecule has 2 bridgehead atoms. The minimum absolute atomic E-state index is 0.0629. The first-order valence-electron chi connectivity index (χ1n) is 11.2. The summed E-state index contributed by atoms with van der Waals surface area (Å²) >= 11 is 0. The van der Waals surface area contributed by atoms with E-state index in [1.807, 2.05) is 4.90 Å². The van der Waals surface area contributed by atoms with Crippen LogP contribution in [0.5, 0.6) is 5.75 Å². The zero-order valence-electron chi connectivity index (χ0n) is 17.2. The van der Waals surface area contributed by atoms with Gasteiger partial charge in [0.05, 0.1) is 5.56 Å². The van der Waals surface area contributed by atoms with E-state index in [0.29, 0.717) is 37.0 Å². The Labute approximate surface area is 177 Å². The maximum atomic E-state index is 14.4. The molecule has 1 amide bonds. The van der Waals surface area contributed by atoms with Gasteiger partial charge in [0.25, 0.3) is 5.91 Å². The van der Waals surface area contributed by atoms with Crippen LogP contribution in [0.4, 0.5) is 4.39 Å². The van der Waals surface area contributed by atoms with Gasteiger partial charge in [-0.1, -0.05) is 36.8 Å². The number of fused-ring (bicyclic) bond motifs is 4. The highest BCUT2D eigenvalue weighted by atomic mass is 19.1. The van der Waals surface area contributed by atoms with Gasteiger partial charge in [-0.05, 0) is 61.8 Å². The van der Waals surface area contributed by atoms with Crippen LogP contribution in [-0.4, -0.2) is 52.5 Å². The molecule has 4 atom stereocenters. The third-order valence-corrected chi connectivity index (χ3v) is 7.38. The fraction of sp³-hybridized carbons (Fsp3) is 0.480. The van der Waals surface area contributed by atoms with Crippen molar-refractivity contribution in [3.63, 3.8) is 0 Å². The molecule has 0 radical (unpaired) electrons. The molecule has 5 rings (SSSR count). The number of hydrogen-bond donors (Lipinski definition) is 1. The van der Waals surface area contributed by atoms with E-state index in [9.17, 15) is 14.3 Å². The number of phenols is 1. The van der Waals surface area contributed by atoms with Crippen LogP contribution in [0.2, 0.25) is 0 Å². The molecule has 5 heteroatoms. The number of likely N-dealkylation sites (tertiary alicyclic amines) is 1. The summed E-state index contributed by atoms with van der Waals surface area (Å²) in [7, 11) is 0. The first-order chi connectivity index (χ1) is 14.6. The highest BCUT2D eigenvalue weighted by molar-refractivity contribution is 5.94. The topological polar surface area (TPSA) is 43.8 Å². The van der Waals surface area contributed by atoms with Gasteiger partial charge in [-0.15, -0.1) is 0 Å². The summed E-state index contributed by atoms with van der Waals surface area (Å²) in [5, 5.41) is 9.49. The Balaban J connectivity index is 1.42. The number of nitrogens with zero attached hydrogens (tertiary/aromatic N) is 2. The lowest BCUT2D eigenvalue weighted by Gasteiger charge is -2.57. The quantitative estimate of drug-likeness (QED) is 0.832. The molecule has 2 aromatic carbocycles. The number of phenolic OH excluding ortho intramolecular Hbond substituents is 1. The molecular formula is C25H29FN2O2. The predicted octanol–water partition coefficient (Wildman–Crippen LogP) is 4.09. The minimum Gasteiger partial charge on any atom is -0.508 e. The Morgan fingerprint density at radius 3 is 2.67 bits per heavy atom. The summed E-state index contributed by atoms with van der Waals surface area (Å²) in [5.41, 5.74) is 1.41. The second kappa shape index (κ2) is 8.03. The number of rotatable bonds is 3. The number of piperidine rings is 3. The Morgan fingerprint density at radius 2 is 1.87 bits per heavy atom. The first kappa shape index (κ1) is 19.6. The normalized spacial score (nSPS) is 28.8. The fourth-order valence-corrected chi connectivity index (χ4v) is 6.06. The van der Waals surface area contributed by atoms with E-state index in [1.54, 1.807) is 0 Å². The molecule has 158 valence electrons. The number of halogens is 1. The monoisotopic (exact) mass is 408 g/mol. The Bertz CT molecular complexity index is 919.